The van der Waals surface area contributed by atoms with Crippen molar-refractivity contribution in [3.63, 3.8) is 0 Å². The quantitative estimate of drug-likeness (QED) is 0.380. The van der Waals surface area contributed by atoms with E-state index in [2.05, 4.69) is 37.4 Å². The van der Waals surface area contributed by atoms with Gasteiger partial charge in [0.2, 0.25) is 0 Å². The van der Waals surface area contributed by atoms with E-state index in [4.69, 9.17) is 16.6 Å². The number of nitrogens with one attached hydrogen (secondary N) is 3. The molecule has 0 unspecified atom stereocenters. The Balaban J connectivity index is 1.83. The van der Waals surface area contributed by atoms with Crippen molar-refractivity contribution in [2.75, 3.05) is 27.2 Å². The highest BCUT2D eigenvalue weighted by Crippen LogP contribution is 2.20. The second-order valence-electron chi connectivity index (χ2n) is 8.09. The normalized spacial score (nSPS) is 11.2. The number of nitrogens with zero attached hydrogens (tertiary/aromatic N) is 1. The number of fused-ring (bicyclic) bond motifs is 1. The Bertz CT molecular complexity index is 1060. The third-order valence-electron chi connectivity index (χ3n) is 5.23. The maximum atomic E-state index is 12.8. The molecule has 0 spiro atoms. The van der Waals surface area contributed by atoms with Gasteiger partial charge in [-0.15, -0.1) is 0 Å². The van der Waals surface area contributed by atoms with E-state index in [1.807, 2.05) is 36.1 Å². The average molecular weight is 428 g/mol. The number of H-pyrrole nitrogens is 1. The molecule has 0 saturated carbocycles. The summed E-state index contributed by atoms with van der Waals surface area (Å²) in [5.74, 6) is 0.807. The van der Waals surface area contributed by atoms with Crippen LogP contribution in [-0.4, -0.2) is 42.2 Å². The number of hydrogen-bond donors (Lipinski definition) is 3. The minimum atomic E-state index is -0.0837. The molecule has 3 aromatic rings. The van der Waals surface area contributed by atoms with E-state index in [0.29, 0.717) is 23.8 Å². The molecule has 30 heavy (non-hydrogen) atoms. The largest absolute Gasteiger partial charge is 0.467 e. The number of hydrogen-bond acceptors (Lipinski definition) is 3. The number of furan rings is 1. The Kier molecular flexibility index (Phi) is 7.29. The van der Waals surface area contributed by atoms with Gasteiger partial charge in [0.15, 0.2) is 5.11 Å². The fourth-order valence-electron chi connectivity index (χ4n) is 3.48. The smallest absolute Gasteiger partial charge is 0.253 e. The summed E-state index contributed by atoms with van der Waals surface area (Å²) in [5, 5.41) is 5.03. The molecule has 3 N–H and O–H groups in total. The lowest BCUT2D eigenvalue weighted by atomic mass is 10.0. The third-order valence-corrected chi connectivity index (χ3v) is 5.63. The van der Waals surface area contributed by atoms with E-state index >= 15 is 0 Å². The lowest BCUT2D eigenvalue weighted by molar-refractivity contribution is -0.858. The fraction of sp³-hybridized carbons (Fsp3) is 0.391. The van der Waals surface area contributed by atoms with Crippen LogP contribution in [0, 0.1) is 13.8 Å². The van der Waals surface area contributed by atoms with Gasteiger partial charge in [-0.3, -0.25) is 4.79 Å². The number of thiocarbonyl (C=S) groups is 1. The molecule has 6 nitrogen and oxygen atoms in total. The van der Waals surface area contributed by atoms with Crippen LogP contribution in [0.1, 0.15) is 28.9 Å². The number of aromatic amines is 1. The molecule has 0 bridgehead atoms. The van der Waals surface area contributed by atoms with Crippen molar-refractivity contribution in [3.05, 3.63) is 69.4 Å². The average Bonchev–Trinajstić information content (AvgIpc) is 3.21. The zero-order chi connectivity index (χ0) is 21.7. The van der Waals surface area contributed by atoms with Crippen LogP contribution in [0.2, 0.25) is 0 Å². The molecule has 0 aliphatic rings. The Morgan fingerprint density at radius 2 is 1.97 bits per heavy atom. The third kappa shape index (κ3) is 5.49. The predicted octanol–water partition coefficient (Wildman–Crippen LogP) is 2.15. The summed E-state index contributed by atoms with van der Waals surface area (Å²) in [7, 11) is 4.27. The van der Waals surface area contributed by atoms with E-state index in [-0.39, 0.29) is 5.56 Å². The molecular formula is C23H31N4O2S+. The number of quaternary nitrogens is 1. The molecule has 0 aliphatic carbocycles. The first-order chi connectivity index (χ1) is 14.3. The Labute approximate surface area is 182 Å². The molecule has 160 valence electrons. The van der Waals surface area contributed by atoms with Gasteiger partial charge in [-0.1, -0.05) is 12.1 Å². The maximum Gasteiger partial charge on any atom is 0.253 e. The van der Waals surface area contributed by atoms with Gasteiger partial charge in [0, 0.05) is 23.9 Å². The van der Waals surface area contributed by atoms with Crippen molar-refractivity contribution in [1.82, 2.24) is 15.2 Å². The minimum Gasteiger partial charge on any atom is -0.467 e. The minimum absolute atomic E-state index is 0.0837. The molecule has 0 radical (unpaired) electrons. The number of pyridine rings is 1. The number of aryl methyl sites for hydroxylation is 2. The molecule has 0 amide bonds. The summed E-state index contributed by atoms with van der Waals surface area (Å²) in [4.78, 5) is 19.3. The zero-order valence-corrected chi connectivity index (χ0v) is 19.0. The second-order valence-corrected chi connectivity index (χ2v) is 8.48. The molecule has 3 rings (SSSR count). The molecule has 0 aliphatic heterocycles. The standard InChI is InChI=1S/C23H30N4O2S/c1-16-8-9-17(2)21-20(16)13-18(22(28)25-21)14-27(15-19-7-5-12-29-19)23(30)24-10-6-11-26(3)4/h5,7-9,12-13H,6,10-11,14-15H2,1-4H3,(H,24,30)(H,25,28)/p+1. The van der Waals surface area contributed by atoms with Crippen LogP contribution in [-0.2, 0) is 13.1 Å². The van der Waals surface area contributed by atoms with Crippen LogP contribution in [0.5, 0.6) is 0 Å². The van der Waals surface area contributed by atoms with E-state index in [1.165, 1.54) is 4.90 Å². The van der Waals surface area contributed by atoms with Crippen molar-refractivity contribution in [3.8, 4) is 0 Å². The van der Waals surface area contributed by atoms with Crippen molar-refractivity contribution in [2.45, 2.75) is 33.4 Å². The summed E-state index contributed by atoms with van der Waals surface area (Å²) in [6, 6.07) is 9.88. The zero-order valence-electron chi connectivity index (χ0n) is 18.2. The summed E-state index contributed by atoms with van der Waals surface area (Å²) in [5.41, 5.74) is 3.70. The SMILES string of the molecule is Cc1ccc(C)c2[nH]c(=O)c(CN(Cc3ccco3)C(=S)NCCC[NH+](C)C)cc12. The number of benzene rings is 1. The first kappa shape index (κ1) is 22.1. The van der Waals surface area contributed by atoms with E-state index < -0.39 is 0 Å². The first-order valence-corrected chi connectivity index (χ1v) is 10.7. The van der Waals surface area contributed by atoms with Crippen LogP contribution in [0.4, 0.5) is 0 Å². The van der Waals surface area contributed by atoms with Crippen LogP contribution >= 0.6 is 12.2 Å². The van der Waals surface area contributed by atoms with E-state index in [9.17, 15) is 4.79 Å². The van der Waals surface area contributed by atoms with Crippen molar-refractivity contribution in [2.24, 2.45) is 0 Å². The van der Waals surface area contributed by atoms with Gasteiger partial charge in [0.1, 0.15) is 5.76 Å². The fourth-order valence-corrected chi connectivity index (χ4v) is 3.71. The highest BCUT2D eigenvalue weighted by atomic mass is 32.1. The highest BCUT2D eigenvalue weighted by molar-refractivity contribution is 7.80. The molecule has 0 atom stereocenters. The predicted molar refractivity (Wildman–Crippen MR) is 125 cm³/mol. The Morgan fingerprint density at radius 3 is 2.67 bits per heavy atom. The molecule has 2 heterocycles. The van der Waals surface area contributed by atoms with Crippen molar-refractivity contribution in [1.29, 1.82) is 0 Å². The molecule has 0 saturated heterocycles. The lowest BCUT2D eigenvalue weighted by Crippen LogP contribution is -3.05. The van der Waals surface area contributed by atoms with Gasteiger partial charge < -0.3 is 24.5 Å². The Hall–Kier alpha value is -2.64. The number of aromatic nitrogens is 1. The highest BCUT2D eigenvalue weighted by Gasteiger charge is 2.16. The van der Waals surface area contributed by atoms with Crippen LogP contribution in [0.3, 0.4) is 0 Å². The summed E-state index contributed by atoms with van der Waals surface area (Å²) in [6.45, 7) is 6.84. The first-order valence-electron chi connectivity index (χ1n) is 10.3. The Morgan fingerprint density at radius 1 is 1.20 bits per heavy atom. The van der Waals surface area contributed by atoms with Gasteiger partial charge in [-0.2, -0.15) is 0 Å². The van der Waals surface area contributed by atoms with Crippen LogP contribution in [0.25, 0.3) is 10.9 Å². The van der Waals surface area contributed by atoms with Gasteiger partial charge in [0.25, 0.3) is 5.56 Å². The molecule has 1 aromatic carbocycles. The monoisotopic (exact) mass is 427 g/mol. The van der Waals surface area contributed by atoms with Gasteiger partial charge in [-0.05, 0) is 55.4 Å². The molecular weight excluding hydrogens is 396 g/mol. The second kappa shape index (κ2) is 9.91. The topological polar surface area (TPSA) is 65.7 Å². The molecule has 7 heteroatoms. The van der Waals surface area contributed by atoms with Gasteiger partial charge in [-0.25, -0.2) is 0 Å². The summed E-state index contributed by atoms with van der Waals surface area (Å²) < 4.78 is 5.53. The van der Waals surface area contributed by atoms with E-state index in [0.717, 1.165) is 47.3 Å². The van der Waals surface area contributed by atoms with Gasteiger partial charge >= 0.3 is 0 Å². The summed E-state index contributed by atoms with van der Waals surface area (Å²) >= 11 is 5.67. The molecule has 2 aromatic heterocycles. The van der Waals surface area contributed by atoms with Crippen LogP contribution < -0.4 is 15.8 Å². The summed E-state index contributed by atoms with van der Waals surface area (Å²) in [6.07, 6.45) is 2.67. The molecule has 0 fully saturated rings. The lowest BCUT2D eigenvalue weighted by Gasteiger charge is -2.25. The van der Waals surface area contributed by atoms with Crippen molar-refractivity contribution >= 4 is 28.2 Å². The van der Waals surface area contributed by atoms with Crippen LogP contribution in [0.15, 0.2) is 45.8 Å². The van der Waals surface area contributed by atoms with Gasteiger partial charge in [0.05, 0.1) is 45.5 Å². The van der Waals surface area contributed by atoms with Crippen molar-refractivity contribution < 1.29 is 9.32 Å². The maximum absolute atomic E-state index is 12.8. The number of rotatable bonds is 8. The van der Waals surface area contributed by atoms with E-state index in [1.54, 1.807) is 6.26 Å².